The Hall–Kier alpha value is -0.0400. The molecule has 0 saturated heterocycles. The summed E-state index contributed by atoms with van der Waals surface area (Å²) in [6, 6.07) is 0.551. The number of rotatable bonds is 4. The first-order valence-electron chi connectivity index (χ1n) is 5.12. The molecule has 2 saturated carbocycles. The Kier molecular flexibility index (Phi) is 2.17. The molecule has 64 valence electrons. The molecule has 2 aliphatic rings. The summed E-state index contributed by atoms with van der Waals surface area (Å²) in [5.74, 6) is 1.97. The van der Waals surface area contributed by atoms with Gasteiger partial charge in [-0.15, -0.1) is 0 Å². The monoisotopic (exact) mass is 153 g/mol. The van der Waals surface area contributed by atoms with Gasteiger partial charge in [0.2, 0.25) is 0 Å². The van der Waals surface area contributed by atoms with Crippen LogP contribution in [0.4, 0.5) is 0 Å². The Balaban J connectivity index is 1.57. The molecule has 0 radical (unpaired) electrons. The topological polar surface area (TPSA) is 26.0 Å². The summed E-state index contributed by atoms with van der Waals surface area (Å²) in [5.41, 5.74) is 6.01. The molecule has 2 rings (SSSR count). The first-order valence-corrected chi connectivity index (χ1v) is 5.12. The van der Waals surface area contributed by atoms with E-state index >= 15 is 0 Å². The first-order chi connectivity index (χ1) is 5.36. The van der Waals surface area contributed by atoms with Crippen molar-refractivity contribution in [3.63, 3.8) is 0 Å². The fourth-order valence-corrected chi connectivity index (χ4v) is 1.97. The second kappa shape index (κ2) is 3.14. The molecule has 0 bridgehead atoms. The third-order valence-electron chi connectivity index (χ3n) is 3.36. The maximum Gasteiger partial charge on any atom is 0.00672 e. The normalized spacial score (nSPS) is 28.1. The Morgan fingerprint density at radius 2 is 1.91 bits per heavy atom. The second-order valence-corrected chi connectivity index (χ2v) is 4.38. The van der Waals surface area contributed by atoms with Gasteiger partial charge < -0.3 is 5.73 Å². The number of nitrogens with two attached hydrogens (primary N) is 1. The third-order valence-corrected chi connectivity index (χ3v) is 3.36. The molecule has 1 unspecified atom stereocenters. The van der Waals surface area contributed by atoms with Crippen LogP contribution in [0.15, 0.2) is 0 Å². The largest absolute Gasteiger partial charge is 0.327 e. The van der Waals surface area contributed by atoms with E-state index in [2.05, 4.69) is 0 Å². The molecular formula is C10H19N. The maximum absolute atomic E-state index is 6.01. The van der Waals surface area contributed by atoms with Crippen molar-refractivity contribution < 1.29 is 0 Å². The minimum Gasteiger partial charge on any atom is -0.327 e. The van der Waals surface area contributed by atoms with Gasteiger partial charge in [0.05, 0.1) is 0 Å². The predicted octanol–water partition coefficient (Wildman–Crippen LogP) is 2.30. The quantitative estimate of drug-likeness (QED) is 0.659. The highest BCUT2D eigenvalue weighted by Gasteiger charge is 2.29. The van der Waals surface area contributed by atoms with E-state index in [1.54, 1.807) is 0 Å². The molecule has 11 heavy (non-hydrogen) atoms. The van der Waals surface area contributed by atoms with Gasteiger partial charge in [0.15, 0.2) is 0 Å². The van der Waals surface area contributed by atoms with E-state index in [-0.39, 0.29) is 0 Å². The highest BCUT2D eigenvalue weighted by molar-refractivity contribution is 4.84. The van der Waals surface area contributed by atoms with Crippen LogP contribution in [0.2, 0.25) is 0 Å². The zero-order valence-electron chi connectivity index (χ0n) is 7.26. The van der Waals surface area contributed by atoms with Crippen molar-refractivity contribution in [2.24, 2.45) is 17.6 Å². The molecule has 1 nitrogen and oxygen atoms in total. The van der Waals surface area contributed by atoms with Crippen molar-refractivity contribution in [1.29, 1.82) is 0 Å². The van der Waals surface area contributed by atoms with Gasteiger partial charge in [0.1, 0.15) is 0 Å². The van der Waals surface area contributed by atoms with Crippen LogP contribution in [0.25, 0.3) is 0 Å². The van der Waals surface area contributed by atoms with E-state index in [0.29, 0.717) is 6.04 Å². The average molecular weight is 153 g/mol. The minimum atomic E-state index is 0.551. The molecule has 0 aromatic carbocycles. The number of hydrogen-bond acceptors (Lipinski definition) is 1. The summed E-state index contributed by atoms with van der Waals surface area (Å²) >= 11 is 0. The lowest BCUT2D eigenvalue weighted by Gasteiger charge is -2.26. The SMILES string of the molecule is NC(CCC1CCC1)C1CC1. The predicted molar refractivity (Wildman–Crippen MR) is 47.3 cm³/mol. The molecule has 0 amide bonds. The van der Waals surface area contributed by atoms with Crippen LogP contribution >= 0.6 is 0 Å². The van der Waals surface area contributed by atoms with Crippen LogP contribution in [0.3, 0.4) is 0 Å². The fourth-order valence-electron chi connectivity index (χ4n) is 1.97. The molecule has 1 heteroatoms. The van der Waals surface area contributed by atoms with Gasteiger partial charge in [-0.3, -0.25) is 0 Å². The summed E-state index contributed by atoms with van der Waals surface area (Å²) in [6.07, 6.45) is 9.97. The van der Waals surface area contributed by atoms with E-state index < -0.39 is 0 Å². The third kappa shape index (κ3) is 1.96. The lowest BCUT2D eigenvalue weighted by atomic mass is 9.81. The van der Waals surface area contributed by atoms with Gasteiger partial charge in [0.25, 0.3) is 0 Å². The summed E-state index contributed by atoms with van der Waals surface area (Å²) in [7, 11) is 0. The van der Waals surface area contributed by atoms with Gasteiger partial charge in [-0.2, -0.15) is 0 Å². The summed E-state index contributed by atoms with van der Waals surface area (Å²) < 4.78 is 0. The molecular weight excluding hydrogens is 134 g/mol. The van der Waals surface area contributed by atoms with Crippen molar-refractivity contribution in [2.75, 3.05) is 0 Å². The van der Waals surface area contributed by atoms with Crippen molar-refractivity contribution in [3.05, 3.63) is 0 Å². The van der Waals surface area contributed by atoms with Gasteiger partial charge >= 0.3 is 0 Å². The van der Waals surface area contributed by atoms with Gasteiger partial charge in [-0.05, 0) is 37.5 Å². The Morgan fingerprint density at radius 3 is 2.36 bits per heavy atom. The first kappa shape index (κ1) is 7.60. The van der Waals surface area contributed by atoms with Crippen LogP contribution in [-0.2, 0) is 0 Å². The molecule has 1 atom stereocenters. The van der Waals surface area contributed by atoms with E-state index in [9.17, 15) is 0 Å². The molecule has 0 aliphatic heterocycles. The Labute approximate surface area is 69.4 Å². The van der Waals surface area contributed by atoms with Gasteiger partial charge in [-0.25, -0.2) is 0 Å². The molecule has 0 aromatic rings. The van der Waals surface area contributed by atoms with E-state index in [4.69, 9.17) is 5.73 Å². The van der Waals surface area contributed by atoms with Crippen molar-refractivity contribution in [3.8, 4) is 0 Å². The maximum atomic E-state index is 6.01. The average Bonchev–Trinajstić information content (AvgIpc) is 2.64. The van der Waals surface area contributed by atoms with Crippen molar-refractivity contribution >= 4 is 0 Å². The Morgan fingerprint density at radius 1 is 1.18 bits per heavy atom. The second-order valence-electron chi connectivity index (χ2n) is 4.38. The molecule has 0 heterocycles. The highest BCUT2D eigenvalue weighted by atomic mass is 14.7. The van der Waals surface area contributed by atoms with E-state index in [1.165, 1.54) is 44.9 Å². The zero-order chi connectivity index (χ0) is 7.68. The van der Waals surface area contributed by atoms with Crippen molar-refractivity contribution in [1.82, 2.24) is 0 Å². The molecule has 0 aromatic heterocycles. The van der Waals surface area contributed by atoms with Gasteiger partial charge in [0, 0.05) is 6.04 Å². The number of hydrogen-bond donors (Lipinski definition) is 1. The minimum absolute atomic E-state index is 0.551. The summed E-state index contributed by atoms with van der Waals surface area (Å²) in [6.45, 7) is 0. The standard InChI is InChI=1S/C10H19N/c11-10(9-5-6-9)7-4-8-2-1-3-8/h8-10H,1-7,11H2. The molecule has 0 spiro atoms. The summed E-state index contributed by atoms with van der Waals surface area (Å²) in [4.78, 5) is 0. The lowest BCUT2D eigenvalue weighted by molar-refractivity contribution is 0.278. The van der Waals surface area contributed by atoms with Crippen LogP contribution in [0.1, 0.15) is 44.9 Å². The van der Waals surface area contributed by atoms with Gasteiger partial charge in [-0.1, -0.05) is 19.3 Å². The lowest BCUT2D eigenvalue weighted by Crippen LogP contribution is -2.24. The fraction of sp³-hybridized carbons (Fsp3) is 1.00. The molecule has 2 N–H and O–H groups in total. The van der Waals surface area contributed by atoms with Crippen molar-refractivity contribution in [2.45, 2.75) is 51.0 Å². The molecule has 2 fully saturated rings. The van der Waals surface area contributed by atoms with Crippen LogP contribution in [-0.4, -0.2) is 6.04 Å². The molecule has 2 aliphatic carbocycles. The van der Waals surface area contributed by atoms with E-state index in [1.807, 2.05) is 0 Å². The van der Waals surface area contributed by atoms with Crippen LogP contribution < -0.4 is 5.73 Å². The highest BCUT2D eigenvalue weighted by Crippen LogP contribution is 2.36. The Bertz CT molecular complexity index is 125. The smallest absolute Gasteiger partial charge is 0.00672 e. The summed E-state index contributed by atoms with van der Waals surface area (Å²) in [5, 5.41) is 0. The zero-order valence-corrected chi connectivity index (χ0v) is 7.26. The van der Waals surface area contributed by atoms with E-state index in [0.717, 1.165) is 11.8 Å². The van der Waals surface area contributed by atoms with Crippen LogP contribution in [0.5, 0.6) is 0 Å². The van der Waals surface area contributed by atoms with Crippen LogP contribution in [0, 0.1) is 11.8 Å².